The fraction of sp³-hybridized carbons (Fsp3) is 0.0833. The van der Waals surface area contributed by atoms with Crippen LogP contribution in [0, 0.1) is 12.7 Å². The predicted octanol–water partition coefficient (Wildman–Crippen LogP) is 2.07. The fourth-order valence-electron chi connectivity index (χ4n) is 1.51. The van der Waals surface area contributed by atoms with E-state index in [0.717, 1.165) is 24.6 Å². The summed E-state index contributed by atoms with van der Waals surface area (Å²) in [5.74, 6) is -2.68. The first-order valence-corrected chi connectivity index (χ1v) is 5.23. The van der Waals surface area contributed by atoms with E-state index in [0.29, 0.717) is 5.69 Å². The van der Waals surface area contributed by atoms with Crippen LogP contribution in [0.5, 0.6) is 0 Å². The number of aromatic carboxylic acids is 1. The summed E-state index contributed by atoms with van der Waals surface area (Å²) < 4.78 is 18.0. The van der Waals surface area contributed by atoms with Crippen LogP contribution in [-0.4, -0.2) is 22.0 Å². The molecular weight excluding hydrogens is 255 g/mol. The van der Waals surface area contributed by atoms with Gasteiger partial charge in [-0.2, -0.15) is 0 Å². The number of carboxylic acids is 1. The first-order valence-electron chi connectivity index (χ1n) is 5.23. The highest BCUT2D eigenvalue weighted by Gasteiger charge is 2.18. The minimum atomic E-state index is -1.27. The molecule has 1 heterocycles. The second kappa shape index (κ2) is 4.89. The number of nitrogens with one attached hydrogen (secondary N) is 1. The largest absolute Gasteiger partial charge is 0.478 e. The molecule has 0 unspecified atom stereocenters. The van der Waals surface area contributed by atoms with Crippen LogP contribution in [0.25, 0.3) is 0 Å². The molecule has 0 spiro atoms. The number of aromatic nitrogens is 1. The molecule has 0 atom stereocenters. The maximum atomic E-state index is 13.1. The van der Waals surface area contributed by atoms with Gasteiger partial charge in [0.15, 0.2) is 6.39 Å². The molecule has 0 aliphatic heterocycles. The number of carboxylic acid groups (broad SMARTS) is 1. The quantitative estimate of drug-likeness (QED) is 0.885. The van der Waals surface area contributed by atoms with Gasteiger partial charge in [0.05, 0.1) is 16.9 Å². The number of benzene rings is 1. The summed E-state index contributed by atoms with van der Waals surface area (Å²) in [6, 6.07) is 2.99. The molecular formula is C12H9FN2O4. The van der Waals surface area contributed by atoms with Gasteiger partial charge in [-0.1, -0.05) is 0 Å². The predicted molar refractivity (Wildman–Crippen MR) is 62.6 cm³/mol. The van der Waals surface area contributed by atoms with Crippen molar-refractivity contribution in [2.45, 2.75) is 6.92 Å². The average molecular weight is 264 g/mol. The number of carbonyl (C=O) groups is 2. The average Bonchev–Trinajstić information content (AvgIpc) is 2.75. The first kappa shape index (κ1) is 12.7. The third-order valence-corrected chi connectivity index (χ3v) is 2.41. The lowest BCUT2D eigenvalue weighted by Crippen LogP contribution is -2.15. The van der Waals surface area contributed by atoms with Gasteiger partial charge in [0.1, 0.15) is 5.82 Å². The highest BCUT2D eigenvalue weighted by atomic mass is 19.1. The monoisotopic (exact) mass is 264 g/mol. The summed E-state index contributed by atoms with van der Waals surface area (Å²) in [6.07, 6.45) is 1.09. The SMILES string of the molecule is Cc1ncoc1C(=O)Nc1cc(F)ccc1C(=O)O. The molecule has 0 aliphatic rings. The zero-order valence-electron chi connectivity index (χ0n) is 9.81. The van der Waals surface area contributed by atoms with Gasteiger partial charge >= 0.3 is 5.97 Å². The molecule has 0 saturated carbocycles. The van der Waals surface area contributed by atoms with E-state index in [1.54, 1.807) is 6.92 Å². The summed E-state index contributed by atoms with van der Waals surface area (Å²) in [5.41, 5.74) is -0.00834. The summed E-state index contributed by atoms with van der Waals surface area (Å²) >= 11 is 0. The van der Waals surface area contributed by atoms with Crippen LogP contribution >= 0.6 is 0 Å². The molecule has 2 aromatic rings. The second-order valence-electron chi connectivity index (χ2n) is 3.72. The van der Waals surface area contributed by atoms with E-state index in [1.807, 2.05) is 0 Å². The van der Waals surface area contributed by atoms with Crippen molar-refractivity contribution in [2.75, 3.05) is 5.32 Å². The van der Waals surface area contributed by atoms with Gasteiger partial charge in [-0.25, -0.2) is 14.2 Å². The van der Waals surface area contributed by atoms with Gasteiger partial charge in [-0.05, 0) is 25.1 Å². The molecule has 0 bridgehead atoms. The van der Waals surface area contributed by atoms with Crippen molar-refractivity contribution in [2.24, 2.45) is 0 Å². The maximum Gasteiger partial charge on any atom is 0.337 e. The van der Waals surface area contributed by atoms with Crippen LogP contribution in [0.15, 0.2) is 29.0 Å². The van der Waals surface area contributed by atoms with Crippen LogP contribution in [0.4, 0.5) is 10.1 Å². The number of rotatable bonds is 3. The summed E-state index contributed by atoms with van der Waals surface area (Å²) in [6.45, 7) is 1.56. The third kappa shape index (κ3) is 2.59. The van der Waals surface area contributed by atoms with Crippen LogP contribution in [-0.2, 0) is 0 Å². The number of anilines is 1. The Morgan fingerprint density at radius 1 is 1.42 bits per heavy atom. The Morgan fingerprint density at radius 3 is 2.74 bits per heavy atom. The van der Waals surface area contributed by atoms with Gasteiger partial charge in [0, 0.05) is 0 Å². The summed E-state index contributed by atoms with van der Waals surface area (Å²) in [5, 5.41) is 11.2. The zero-order valence-corrected chi connectivity index (χ0v) is 9.81. The van der Waals surface area contributed by atoms with E-state index < -0.39 is 17.7 Å². The standard InChI is InChI=1S/C12H9FN2O4/c1-6-10(19-5-14-6)11(16)15-9-4-7(13)2-3-8(9)12(17)18/h2-5H,1H3,(H,15,16)(H,17,18). The van der Waals surface area contributed by atoms with Gasteiger partial charge in [-0.3, -0.25) is 4.79 Å². The van der Waals surface area contributed by atoms with E-state index in [1.165, 1.54) is 0 Å². The first-order chi connectivity index (χ1) is 8.99. The maximum absolute atomic E-state index is 13.1. The van der Waals surface area contributed by atoms with Crippen molar-refractivity contribution < 1.29 is 23.5 Å². The molecule has 6 nitrogen and oxygen atoms in total. The Morgan fingerprint density at radius 2 is 2.16 bits per heavy atom. The number of carbonyl (C=O) groups excluding carboxylic acids is 1. The van der Waals surface area contributed by atoms with Crippen LogP contribution in [0.3, 0.4) is 0 Å². The smallest absolute Gasteiger partial charge is 0.337 e. The van der Waals surface area contributed by atoms with Crippen molar-refractivity contribution in [3.05, 3.63) is 47.4 Å². The van der Waals surface area contributed by atoms with Gasteiger partial charge in [0.25, 0.3) is 5.91 Å². The fourth-order valence-corrected chi connectivity index (χ4v) is 1.51. The van der Waals surface area contributed by atoms with Gasteiger partial charge in [0.2, 0.25) is 5.76 Å². The number of amides is 1. The van der Waals surface area contributed by atoms with Crippen molar-refractivity contribution >= 4 is 17.6 Å². The molecule has 2 N–H and O–H groups in total. The van der Waals surface area contributed by atoms with Gasteiger partial charge < -0.3 is 14.8 Å². The zero-order chi connectivity index (χ0) is 14.0. The Kier molecular flexibility index (Phi) is 3.28. The summed E-state index contributed by atoms with van der Waals surface area (Å²) in [7, 11) is 0. The van der Waals surface area contributed by atoms with E-state index in [9.17, 15) is 14.0 Å². The minimum absolute atomic E-state index is 0.0550. The normalized spacial score (nSPS) is 10.2. The van der Waals surface area contributed by atoms with Gasteiger partial charge in [-0.15, -0.1) is 0 Å². The summed E-state index contributed by atoms with van der Waals surface area (Å²) in [4.78, 5) is 26.5. The molecule has 0 fully saturated rings. The van der Waals surface area contributed by atoms with Crippen molar-refractivity contribution in [3.63, 3.8) is 0 Å². The van der Waals surface area contributed by atoms with E-state index in [-0.39, 0.29) is 17.0 Å². The molecule has 19 heavy (non-hydrogen) atoms. The Hall–Kier alpha value is -2.70. The molecule has 0 radical (unpaired) electrons. The van der Waals surface area contributed by atoms with Crippen molar-refractivity contribution in [3.8, 4) is 0 Å². The number of aryl methyl sites for hydroxylation is 1. The van der Waals surface area contributed by atoms with Crippen LogP contribution < -0.4 is 5.32 Å². The van der Waals surface area contributed by atoms with E-state index in [4.69, 9.17) is 9.52 Å². The molecule has 0 saturated heterocycles. The lowest BCUT2D eigenvalue weighted by atomic mass is 10.1. The Labute approximate surface area is 106 Å². The Balaban J connectivity index is 2.33. The molecule has 1 aromatic heterocycles. The highest BCUT2D eigenvalue weighted by molar-refractivity contribution is 6.06. The molecule has 98 valence electrons. The van der Waals surface area contributed by atoms with Crippen molar-refractivity contribution in [1.82, 2.24) is 4.98 Å². The van der Waals surface area contributed by atoms with Crippen LogP contribution in [0.2, 0.25) is 0 Å². The molecule has 7 heteroatoms. The lowest BCUT2D eigenvalue weighted by Gasteiger charge is -2.07. The minimum Gasteiger partial charge on any atom is -0.478 e. The molecule has 2 rings (SSSR count). The lowest BCUT2D eigenvalue weighted by molar-refractivity contribution is 0.0698. The molecule has 0 aliphatic carbocycles. The van der Waals surface area contributed by atoms with E-state index in [2.05, 4.69) is 10.3 Å². The number of hydrogen-bond acceptors (Lipinski definition) is 4. The van der Waals surface area contributed by atoms with Crippen LogP contribution in [0.1, 0.15) is 26.6 Å². The number of hydrogen-bond donors (Lipinski definition) is 2. The molecule has 1 amide bonds. The highest BCUT2D eigenvalue weighted by Crippen LogP contribution is 2.19. The number of oxazole rings is 1. The second-order valence-corrected chi connectivity index (χ2v) is 3.72. The topological polar surface area (TPSA) is 92.4 Å². The number of halogens is 1. The van der Waals surface area contributed by atoms with Crippen molar-refractivity contribution in [1.29, 1.82) is 0 Å². The number of nitrogens with zero attached hydrogens (tertiary/aromatic N) is 1. The Bertz CT molecular complexity index is 651. The van der Waals surface area contributed by atoms with E-state index >= 15 is 0 Å². The molecule has 1 aromatic carbocycles. The third-order valence-electron chi connectivity index (χ3n) is 2.41.